The van der Waals surface area contributed by atoms with E-state index in [0.717, 1.165) is 23.0 Å². The number of carbonyl (C=O) groups is 1. The summed E-state index contributed by atoms with van der Waals surface area (Å²) in [6, 6.07) is 7.60. The first-order chi connectivity index (χ1) is 8.11. The monoisotopic (exact) mass is 298 g/mol. The van der Waals surface area contributed by atoms with E-state index in [1.807, 2.05) is 24.3 Å². The van der Waals surface area contributed by atoms with E-state index in [-0.39, 0.29) is 5.91 Å². The Labute approximate surface area is 111 Å². The normalized spacial score (nSPS) is 12.2. The summed E-state index contributed by atoms with van der Waals surface area (Å²) in [6.07, 6.45) is 2.41. The zero-order valence-corrected chi connectivity index (χ0v) is 11.7. The lowest BCUT2D eigenvalue weighted by Gasteiger charge is -2.10. The average molecular weight is 299 g/mol. The van der Waals surface area contributed by atoms with Gasteiger partial charge < -0.3 is 11.1 Å². The molecule has 0 heterocycles. The van der Waals surface area contributed by atoms with E-state index in [2.05, 4.69) is 28.2 Å². The van der Waals surface area contributed by atoms with Gasteiger partial charge in [0.25, 0.3) is 0 Å². The van der Waals surface area contributed by atoms with Gasteiger partial charge in [0.15, 0.2) is 0 Å². The maximum Gasteiger partial charge on any atom is 0.224 e. The number of nitrogens with one attached hydrogen (secondary N) is 1. The molecule has 0 aliphatic carbocycles. The van der Waals surface area contributed by atoms with Gasteiger partial charge in [0.05, 0.1) is 0 Å². The quantitative estimate of drug-likeness (QED) is 0.847. The Morgan fingerprint density at radius 2 is 2.24 bits per heavy atom. The molecule has 0 bridgehead atoms. The van der Waals surface area contributed by atoms with Crippen LogP contribution in [0.25, 0.3) is 0 Å². The van der Waals surface area contributed by atoms with E-state index >= 15 is 0 Å². The summed E-state index contributed by atoms with van der Waals surface area (Å²) < 4.78 is 0.965. The van der Waals surface area contributed by atoms with E-state index in [1.165, 1.54) is 0 Å². The number of benzene rings is 1. The zero-order valence-electron chi connectivity index (χ0n) is 10.1. The number of carbonyl (C=O) groups excluding carboxylic acids is 1. The molecule has 0 aromatic heterocycles. The molecule has 1 aromatic carbocycles. The molecule has 1 rings (SSSR count). The van der Waals surface area contributed by atoms with Gasteiger partial charge >= 0.3 is 0 Å². The number of rotatable bonds is 6. The summed E-state index contributed by atoms with van der Waals surface area (Å²) >= 11 is 3.37. The zero-order chi connectivity index (χ0) is 12.7. The van der Waals surface area contributed by atoms with Crippen molar-refractivity contribution in [3.05, 3.63) is 28.7 Å². The maximum atomic E-state index is 11.7. The lowest BCUT2D eigenvalue weighted by Crippen LogP contribution is -2.14. The number of anilines is 1. The molecule has 0 saturated carbocycles. The van der Waals surface area contributed by atoms with Crippen LogP contribution in [-0.4, -0.2) is 12.5 Å². The highest BCUT2D eigenvalue weighted by Gasteiger charge is 2.06. The molecule has 94 valence electrons. The summed E-state index contributed by atoms with van der Waals surface area (Å²) in [6.45, 7) is 2.81. The molecule has 0 aliphatic heterocycles. The van der Waals surface area contributed by atoms with Gasteiger partial charge in [-0.1, -0.05) is 28.9 Å². The van der Waals surface area contributed by atoms with Crippen molar-refractivity contribution in [3.8, 4) is 0 Å². The van der Waals surface area contributed by atoms with Crippen LogP contribution in [0, 0.1) is 5.92 Å². The Morgan fingerprint density at radius 1 is 1.47 bits per heavy atom. The SMILES string of the molecule is CC(CCN)CCC(=O)Nc1cccc(Br)c1. The van der Waals surface area contributed by atoms with E-state index < -0.39 is 0 Å². The summed E-state index contributed by atoms with van der Waals surface area (Å²) in [5, 5.41) is 2.88. The highest BCUT2D eigenvalue weighted by atomic mass is 79.9. The topological polar surface area (TPSA) is 55.1 Å². The van der Waals surface area contributed by atoms with Crippen LogP contribution in [0.4, 0.5) is 5.69 Å². The predicted octanol–water partition coefficient (Wildman–Crippen LogP) is 3.15. The van der Waals surface area contributed by atoms with Crippen LogP contribution in [0.5, 0.6) is 0 Å². The molecule has 0 spiro atoms. The number of amides is 1. The first kappa shape index (κ1) is 14.2. The molecule has 1 atom stereocenters. The van der Waals surface area contributed by atoms with Crippen LogP contribution < -0.4 is 11.1 Å². The average Bonchev–Trinajstić information content (AvgIpc) is 2.27. The van der Waals surface area contributed by atoms with Crippen LogP contribution in [-0.2, 0) is 4.79 Å². The van der Waals surface area contributed by atoms with Crippen molar-refractivity contribution in [3.63, 3.8) is 0 Å². The minimum absolute atomic E-state index is 0.0620. The van der Waals surface area contributed by atoms with Crippen LogP contribution in [0.3, 0.4) is 0 Å². The van der Waals surface area contributed by atoms with Crippen LogP contribution in [0.15, 0.2) is 28.7 Å². The molecular weight excluding hydrogens is 280 g/mol. The molecule has 0 radical (unpaired) electrons. The van der Waals surface area contributed by atoms with Gasteiger partial charge in [-0.05, 0) is 43.5 Å². The molecule has 17 heavy (non-hydrogen) atoms. The minimum Gasteiger partial charge on any atom is -0.330 e. The van der Waals surface area contributed by atoms with Gasteiger partial charge in [0, 0.05) is 16.6 Å². The van der Waals surface area contributed by atoms with Gasteiger partial charge in [0.1, 0.15) is 0 Å². The molecule has 1 unspecified atom stereocenters. The Balaban J connectivity index is 2.34. The van der Waals surface area contributed by atoms with Gasteiger partial charge in [-0.15, -0.1) is 0 Å². The highest BCUT2D eigenvalue weighted by Crippen LogP contribution is 2.16. The fourth-order valence-corrected chi connectivity index (χ4v) is 2.00. The number of hydrogen-bond donors (Lipinski definition) is 2. The summed E-state index contributed by atoms with van der Waals surface area (Å²) in [5.41, 5.74) is 6.30. The van der Waals surface area contributed by atoms with Crippen molar-refractivity contribution < 1.29 is 4.79 Å². The lowest BCUT2D eigenvalue weighted by molar-refractivity contribution is -0.116. The summed E-state index contributed by atoms with van der Waals surface area (Å²) in [5.74, 6) is 0.570. The predicted molar refractivity (Wildman–Crippen MR) is 74.8 cm³/mol. The maximum absolute atomic E-state index is 11.7. The van der Waals surface area contributed by atoms with E-state index in [0.29, 0.717) is 18.9 Å². The molecule has 0 saturated heterocycles. The third-order valence-corrected chi connectivity index (χ3v) is 3.13. The second-order valence-electron chi connectivity index (χ2n) is 4.28. The third kappa shape index (κ3) is 5.84. The van der Waals surface area contributed by atoms with Crippen molar-refractivity contribution in [2.45, 2.75) is 26.2 Å². The number of nitrogens with two attached hydrogens (primary N) is 1. The molecule has 0 aliphatic rings. The summed E-state index contributed by atoms with van der Waals surface area (Å²) in [7, 11) is 0. The molecule has 1 amide bonds. The number of halogens is 1. The standard InChI is InChI=1S/C13H19BrN2O/c1-10(7-8-15)5-6-13(17)16-12-4-2-3-11(14)9-12/h2-4,9-10H,5-8,15H2,1H3,(H,16,17). The second-order valence-corrected chi connectivity index (χ2v) is 5.20. The first-order valence-corrected chi connectivity index (χ1v) is 6.66. The van der Waals surface area contributed by atoms with Gasteiger partial charge in [-0.2, -0.15) is 0 Å². The molecule has 0 fully saturated rings. The molecule has 1 aromatic rings. The Morgan fingerprint density at radius 3 is 2.88 bits per heavy atom. The van der Waals surface area contributed by atoms with E-state index in [4.69, 9.17) is 5.73 Å². The fraction of sp³-hybridized carbons (Fsp3) is 0.462. The van der Waals surface area contributed by atoms with Gasteiger partial charge in [-0.3, -0.25) is 4.79 Å². The van der Waals surface area contributed by atoms with Gasteiger partial charge in [0.2, 0.25) is 5.91 Å². The largest absolute Gasteiger partial charge is 0.330 e. The van der Waals surface area contributed by atoms with Crippen molar-refractivity contribution in [1.82, 2.24) is 0 Å². The highest BCUT2D eigenvalue weighted by molar-refractivity contribution is 9.10. The lowest BCUT2D eigenvalue weighted by atomic mass is 10.0. The third-order valence-electron chi connectivity index (χ3n) is 2.63. The summed E-state index contributed by atoms with van der Waals surface area (Å²) in [4.78, 5) is 11.7. The van der Waals surface area contributed by atoms with E-state index in [9.17, 15) is 4.79 Å². The first-order valence-electron chi connectivity index (χ1n) is 5.87. The van der Waals surface area contributed by atoms with Crippen molar-refractivity contribution >= 4 is 27.5 Å². The van der Waals surface area contributed by atoms with Crippen LogP contribution >= 0.6 is 15.9 Å². The Hall–Kier alpha value is -0.870. The second kappa shape index (κ2) is 7.45. The smallest absolute Gasteiger partial charge is 0.224 e. The Bertz CT molecular complexity index is 368. The van der Waals surface area contributed by atoms with Crippen molar-refractivity contribution in [2.24, 2.45) is 11.7 Å². The fourth-order valence-electron chi connectivity index (χ4n) is 1.60. The molecule has 4 heteroatoms. The van der Waals surface area contributed by atoms with Crippen molar-refractivity contribution in [2.75, 3.05) is 11.9 Å². The number of hydrogen-bond acceptors (Lipinski definition) is 2. The Kier molecular flexibility index (Phi) is 6.22. The molecule has 3 nitrogen and oxygen atoms in total. The minimum atomic E-state index is 0.0620. The van der Waals surface area contributed by atoms with Crippen LogP contribution in [0.1, 0.15) is 26.2 Å². The molecule has 3 N–H and O–H groups in total. The van der Waals surface area contributed by atoms with Crippen molar-refractivity contribution in [1.29, 1.82) is 0 Å². The van der Waals surface area contributed by atoms with Crippen LogP contribution in [0.2, 0.25) is 0 Å². The van der Waals surface area contributed by atoms with Gasteiger partial charge in [-0.25, -0.2) is 0 Å². The van der Waals surface area contributed by atoms with E-state index in [1.54, 1.807) is 0 Å². The molecular formula is C13H19BrN2O.